The molecule has 0 radical (unpaired) electrons. The molecule has 33 heavy (non-hydrogen) atoms. The van der Waals surface area contributed by atoms with E-state index in [1.54, 1.807) is 6.08 Å². The molecule has 0 N–H and O–H groups in total. The molecule has 1 saturated heterocycles. The number of carbonyl (C=O) groups is 2. The van der Waals surface area contributed by atoms with Gasteiger partial charge in [0.05, 0.1) is 11.4 Å². The van der Waals surface area contributed by atoms with Gasteiger partial charge < -0.3 is 4.57 Å². The van der Waals surface area contributed by atoms with Gasteiger partial charge >= 0.3 is 0 Å². The highest BCUT2D eigenvalue weighted by Crippen LogP contribution is 2.36. The van der Waals surface area contributed by atoms with Crippen molar-refractivity contribution in [1.82, 2.24) is 9.47 Å². The normalized spacial score (nSPS) is 15.2. The molecule has 2 amide bonds. The Kier molecular flexibility index (Phi) is 5.79. The van der Waals surface area contributed by atoms with Gasteiger partial charge in [-0.2, -0.15) is 0 Å². The van der Waals surface area contributed by atoms with Gasteiger partial charge in [-0.1, -0.05) is 66.2 Å². The van der Waals surface area contributed by atoms with Crippen molar-refractivity contribution in [2.75, 3.05) is 0 Å². The number of imide groups is 1. The quantitative estimate of drug-likeness (QED) is 0.300. The molecular formula is C26H18ClFN2O2S. The van der Waals surface area contributed by atoms with Crippen molar-refractivity contribution >= 4 is 51.5 Å². The summed E-state index contributed by atoms with van der Waals surface area (Å²) >= 11 is 6.99. The summed E-state index contributed by atoms with van der Waals surface area (Å²) in [6, 6.07) is 22.0. The lowest BCUT2D eigenvalue weighted by Gasteiger charge is -2.13. The Morgan fingerprint density at radius 2 is 1.70 bits per heavy atom. The molecule has 0 aliphatic carbocycles. The van der Waals surface area contributed by atoms with Gasteiger partial charge in [0.25, 0.3) is 11.1 Å². The standard InChI is InChI=1S/C26H18ClFN2O2S/c27-22-13-20(28)11-10-18(22)16-30-25(31)24(33-26(30)32)12-19-15-29(14-17-6-2-1-3-7-17)23-9-5-4-8-21(19)23/h1-13,15H,14,16H2/b24-12-. The zero-order valence-corrected chi connectivity index (χ0v) is 18.9. The molecule has 4 nitrogen and oxygen atoms in total. The van der Waals surface area contributed by atoms with Gasteiger partial charge in [0.15, 0.2) is 0 Å². The second-order valence-corrected chi connectivity index (χ2v) is 9.12. The van der Waals surface area contributed by atoms with Gasteiger partial charge in [0.1, 0.15) is 5.82 Å². The number of para-hydroxylation sites is 1. The van der Waals surface area contributed by atoms with Crippen molar-refractivity contribution in [3.63, 3.8) is 0 Å². The van der Waals surface area contributed by atoms with E-state index in [0.29, 0.717) is 17.0 Å². The molecule has 2 heterocycles. The van der Waals surface area contributed by atoms with E-state index in [9.17, 15) is 14.0 Å². The first kappa shape index (κ1) is 21.5. The summed E-state index contributed by atoms with van der Waals surface area (Å²) in [6.45, 7) is 0.691. The van der Waals surface area contributed by atoms with Crippen molar-refractivity contribution < 1.29 is 14.0 Å². The zero-order chi connectivity index (χ0) is 22.9. The highest BCUT2D eigenvalue weighted by molar-refractivity contribution is 8.18. The molecule has 164 valence electrons. The Morgan fingerprint density at radius 3 is 2.48 bits per heavy atom. The van der Waals surface area contributed by atoms with Crippen LogP contribution in [-0.2, 0) is 17.9 Å². The Balaban J connectivity index is 1.46. The van der Waals surface area contributed by atoms with Crippen LogP contribution in [0.5, 0.6) is 0 Å². The number of aromatic nitrogens is 1. The molecule has 4 aromatic rings. The fourth-order valence-electron chi connectivity index (χ4n) is 3.90. The van der Waals surface area contributed by atoms with E-state index in [4.69, 9.17) is 11.6 Å². The zero-order valence-electron chi connectivity index (χ0n) is 17.4. The smallest absolute Gasteiger partial charge is 0.293 e. The lowest BCUT2D eigenvalue weighted by molar-refractivity contribution is -0.123. The van der Waals surface area contributed by atoms with Crippen molar-refractivity contribution in [2.24, 2.45) is 0 Å². The molecule has 1 aromatic heterocycles. The van der Waals surface area contributed by atoms with E-state index >= 15 is 0 Å². The Labute approximate surface area is 199 Å². The van der Waals surface area contributed by atoms with Crippen LogP contribution >= 0.6 is 23.4 Å². The summed E-state index contributed by atoms with van der Waals surface area (Å²) in [6.07, 6.45) is 3.77. The van der Waals surface area contributed by atoms with Crippen LogP contribution in [0, 0.1) is 5.82 Å². The largest absolute Gasteiger partial charge is 0.342 e. The van der Waals surface area contributed by atoms with Crippen LogP contribution in [0.25, 0.3) is 17.0 Å². The second kappa shape index (κ2) is 8.89. The average Bonchev–Trinajstić information content (AvgIpc) is 3.28. The third kappa shape index (κ3) is 4.32. The first-order valence-corrected chi connectivity index (χ1v) is 11.5. The SMILES string of the molecule is O=C1S/C(=C\c2cn(Cc3ccccc3)c3ccccc23)C(=O)N1Cc1ccc(F)cc1Cl. The highest BCUT2D eigenvalue weighted by Gasteiger charge is 2.35. The maximum Gasteiger partial charge on any atom is 0.293 e. The van der Waals surface area contributed by atoms with E-state index in [1.807, 2.05) is 48.7 Å². The predicted molar refractivity (Wildman–Crippen MR) is 130 cm³/mol. The summed E-state index contributed by atoms with van der Waals surface area (Å²) in [7, 11) is 0. The van der Waals surface area contributed by atoms with Crippen molar-refractivity contribution in [1.29, 1.82) is 0 Å². The second-order valence-electron chi connectivity index (χ2n) is 7.72. The first-order chi connectivity index (χ1) is 16.0. The monoisotopic (exact) mass is 476 g/mol. The lowest BCUT2D eigenvalue weighted by atomic mass is 10.1. The number of thioether (sulfide) groups is 1. The van der Waals surface area contributed by atoms with E-state index in [-0.39, 0.29) is 22.7 Å². The topological polar surface area (TPSA) is 42.3 Å². The predicted octanol–water partition coefficient (Wildman–Crippen LogP) is 6.72. The molecule has 3 aromatic carbocycles. The van der Waals surface area contributed by atoms with Gasteiger partial charge in [0, 0.05) is 34.2 Å². The molecular weight excluding hydrogens is 459 g/mol. The molecule has 7 heteroatoms. The fraction of sp³-hybridized carbons (Fsp3) is 0.0769. The number of halogens is 2. The maximum absolute atomic E-state index is 13.3. The van der Waals surface area contributed by atoms with Crippen molar-refractivity contribution in [3.05, 3.63) is 111 Å². The Morgan fingerprint density at radius 1 is 0.939 bits per heavy atom. The molecule has 1 fully saturated rings. The lowest BCUT2D eigenvalue weighted by Crippen LogP contribution is -2.27. The molecule has 0 saturated carbocycles. The number of rotatable bonds is 5. The average molecular weight is 477 g/mol. The summed E-state index contributed by atoms with van der Waals surface area (Å²) < 4.78 is 15.5. The maximum atomic E-state index is 13.3. The molecule has 0 bridgehead atoms. The van der Waals surface area contributed by atoms with Crippen molar-refractivity contribution in [3.8, 4) is 0 Å². The number of hydrogen-bond donors (Lipinski definition) is 0. The van der Waals surface area contributed by atoms with Crippen LogP contribution in [0.2, 0.25) is 5.02 Å². The fourth-order valence-corrected chi connectivity index (χ4v) is 4.96. The third-order valence-electron chi connectivity index (χ3n) is 5.52. The van der Waals surface area contributed by atoms with Gasteiger partial charge in [-0.15, -0.1) is 0 Å². The number of amides is 2. The molecule has 5 rings (SSSR count). The van der Waals surface area contributed by atoms with E-state index in [0.717, 1.165) is 33.1 Å². The number of nitrogens with zero attached hydrogens (tertiary/aromatic N) is 2. The minimum Gasteiger partial charge on any atom is -0.342 e. The van der Waals surface area contributed by atoms with Gasteiger partial charge in [-0.05, 0) is 47.2 Å². The molecule has 1 aliphatic heterocycles. The van der Waals surface area contributed by atoms with E-state index < -0.39 is 5.82 Å². The summed E-state index contributed by atoms with van der Waals surface area (Å²) in [5.74, 6) is -0.852. The first-order valence-electron chi connectivity index (χ1n) is 10.3. The minimum atomic E-state index is -0.468. The van der Waals surface area contributed by atoms with Crippen LogP contribution in [0.1, 0.15) is 16.7 Å². The van der Waals surface area contributed by atoms with Crippen molar-refractivity contribution in [2.45, 2.75) is 13.1 Å². The number of carbonyl (C=O) groups excluding carboxylic acids is 2. The van der Waals surface area contributed by atoms with Gasteiger partial charge in [-0.25, -0.2) is 4.39 Å². The number of fused-ring (bicyclic) bond motifs is 1. The number of benzene rings is 3. The highest BCUT2D eigenvalue weighted by atomic mass is 35.5. The van der Waals surface area contributed by atoms with E-state index in [1.165, 1.54) is 23.8 Å². The van der Waals surface area contributed by atoms with Crippen LogP contribution in [0.15, 0.2) is 83.9 Å². The molecule has 1 aliphatic rings. The van der Waals surface area contributed by atoms with Gasteiger partial charge in [-0.3, -0.25) is 14.5 Å². The van der Waals surface area contributed by atoms with Gasteiger partial charge in [0.2, 0.25) is 0 Å². The summed E-state index contributed by atoms with van der Waals surface area (Å²) in [5.41, 5.74) is 3.60. The van der Waals surface area contributed by atoms with Crippen LogP contribution in [0.4, 0.5) is 9.18 Å². The van der Waals surface area contributed by atoms with E-state index in [2.05, 4.69) is 16.7 Å². The molecule has 0 spiro atoms. The van der Waals surface area contributed by atoms with Crippen LogP contribution < -0.4 is 0 Å². The summed E-state index contributed by atoms with van der Waals surface area (Å²) in [4.78, 5) is 27.1. The Hall–Kier alpha value is -3.35. The Bertz CT molecular complexity index is 1410. The van der Waals surface area contributed by atoms with Crippen LogP contribution in [0.3, 0.4) is 0 Å². The molecule has 0 unspecified atom stereocenters. The third-order valence-corrected chi connectivity index (χ3v) is 6.78. The minimum absolute atomic E-state index is 0.00309. The molecule has 0 atom stereocenters. The summed E-state index contributed by atoms with van der Waals surface area (Å²) in [5, 5.41) is 0.809. The van der Waals surface area contributed by atoms with Crippen LogP contribution in [-0.4, -0.2) is 20.6 Å². The number of hydrogen-bond acceptors (Lipinski definition) is 3.